The molecule has 0 fully saturated rings. The summed E-state index contributed by atoms with van der Waals surface area (Å²) < 4.78 is 27.2. The van der Waals surface area contributed by atoms with E-state index >= 15 is 0 Å². The first-order valence-electron chi connectivity index (χ1n) is 6.14. The van der Waals surface area contributed by atoms with E-state index in [0.717, 1.165) is 22.2 Å². The Kier molecular flexibility index (Phi) is 5.23. The maximum absolute atomic E-state index is 13.5. The minimum atomic E-state index is -1.01. The molecular formula is C15H14BrF2NO. The van der Waals surface area contributed by atoms with Crippen LogP contribution in [0.4, 0.5) is 8.78 Å². The Morgan fingerprint density at radius 1 is 1.15 bits per heavy atom. The first-order valence-corrected chi connectivity index (χ1v) is 6.94. The Morgan fingerprint density at radius 3 is 2.65 bits per heavy atom. The molecule has 5 heteroatoms. The molecule has 2 N–H and O–H groups in total. The minimum Gasteiger partial charge on any atom is -0.387 e. The molecule has 20 heavy (non-hydrogen) atoms. The average molecular weight is 342 g/mol. The molecule has 2 aromatic rings. The highest BCUT2D eigenvalue weighted by Gasteiger charge is 2.13. The number of benzene rings is 2. The molecule has 0 saturated carbocycles. The van der Waals surface area contributed by atoms with Crippen molar-refractivity contribution in [2.24, 2.45) is 0 Å². The van der Waals surface area contributed by atoms with Gasteiger partial charge in [0.1, 0.15) is 11.6 Å². The third-order valence-corrected chi connectivity index (χ3v) is 3.37. The second kappa shape index (κ2) is 6.92. The summed E-state index contributed by atoms with van der Waals surface area (Å²) in [7, 11) is 0. The van der Waals surface area contributed by atoms with Crippen molar-refractivity contribution < 1.29 is 13.9 Å². The van der Waals surface area contributed by atoms with Gasteiger partial charge in [-0.2, -0.15) is 0 Å². The molecule has 0 unspecified atom stereocenters. The second-order valence-corrected chi connectivity index (χ2v) is 5.36. The molecular weight excluding hydrogens is 328 g/mol. The second-order valence-electron chi connectivity index (χ2n) is 4.44. The SMILES string of the molecule is O[C@@H](CNCc1cccc(Br)c1)c1ccc(F)cc1F. The van der Waals surface area contributed by atoms with E-state index in [9.17, 15) is 13.9 Å². The summed E-state index contributed by atoms with van der Waals surface area (Å²) in [6.45, 7) is 0.744. The van der Waals surface area contributed by atoms with Crippen LogP contribution in [-0.2, 0) is 6.54 Å². The Morgan fingerprint density at radius 2 is 1.95 bits per heavy atom. The lowest BCUT2D eigenvalue weighted by molar-refractivity contribution is 0.169. The lowest BCUT2D eigenvalue weighted by atomic mass is 10.1. The summed E-state index contributed by atoms with van der Waals surface area (Å²) >= 11 is 3.37. The zero-order valence-corrected chi connectivity index (χ0v) is 12.2. The van der Waals surface area contributed by atoms with Crippen molar-refractivity contribution in [3.8, 4) is 0 Å². The molecule has 1 atom stereocenters. The van der Waals surface area contributed by atoms with Crippen LogP contribution in [0.25, 0.3) is 0 Å². The quantitative estimate of drug-likeness (QED) is 0.871. The van der Waals surface area contributed by atoms with E-state index in [4.69, 9.17) is 0 Å². The fourth-order valence-electron chi connectivity index (χ4n) is 1.88. The fourth-order valence-corrected chi connectivity index (χ4v) is 2.33. The van der Waals surface area contributed by atoms with Crippen molar-refractivity contribution in [1.29, 1.82) is 0 Å². The Labute approximate surface area is 124 Å². The molecule has 0 aromatic heterocycles. The van der Waals surface area contributed by atoms with E-state index in [-0.39, 0.29) is 12.1 Å². The Bertz CT molecular complexity index is 592. The van der Waals surface area contributed by atoms with E-state index in [1.807, 2.05) is 24.3 Å². The smallest absolute Gasteiger partial charge is 0.131 e. The van der Waals surface area contributed by atoms with Crippen LogP contribution in [0.15, 0.2) is 46.9 Å². The van der Waals surface area contributed by atoms with Crippen LogP contribution in [0, 0.1) is 11.6 Å². The molecule has 0 aliphatic carbocycles. The lowest BCUT2D eigenvalue weighted by Crippen LogP contribution is -2.21. The van der Waals surface area contributed by atoms with Crippen molar-refractivity contribution in [2.45, 2.75) is 12.6 Å². The predicted octanol–water partition coefficient (Wildman–Crippen LogP) is 3.55. The fraction of sp³-hybridized carbons (Fsp3) is 0.200. The molecule has 0 saturated heterocycles. The highest BCUT2D eigenvalue weighted by atomic mass is 79.9. The summed E-state index contributed by atoms with van der Waals surface area (Å²) in [6.07, 6.45) is -1.01. The van der Waals surface area contributed by atoms with Gasteiger partial charge in [0, 0.05) is 29.2 Å². The van der Waals surface area contributed by atoms with Crippen molar-refractivity contribution in [2.75, 3.05) is 6.54 Å². The molecule has 0 heterocycles. The van der Waals surface area contributed by atoms with Gasteiger partial charge < -0.3 is 10.4 Å². The zero-order valence-electron chi connectivity index (χ0n) is 10.6. The summed E-state index contributed by atoms with van der Waals surface area (Å²) in [5, 5.41) is 12.9. The third kappa shape index (κ3) is 4.10. The number of aliphatic hydroxyl groups excluding tert-OH is 1. The standard InChI is InChI=1S/C15H14BrF2NO/c16-11-3-1-2-10(6-11)8-19-9-15(20)13-5-4-12(17)7-14(13)18/h1-7,15,19-20H,8-9H2/t15-/m0/s1. The van der Waals surface area contributed by atoms with E-state index in [1.165, 1.54) is 6.07 Å². The summed E-state index contributed by atoms with van der Waals surface area (Å²) in [5.74, 6) is -1.39. The van der Waals surface area contributed by atoms with Crippen LogP contribution >= 0.6 is 15.9 Å². The number of rotatable bonds is 5. The average Bonchev–Trinajstić information content (AvgIpc) is 2.38. The van der Waals surface area contributed by atoms with Crippen LogP contribution in [0.1, 0.15) is 17.2 Å². The first-order chi connectivity index (χ1) is 9.56. The van der Waals surface area contributed by atoms with Gasteiger partial charge in [0.05, 0.1) is 6.10 Å². The first kappa shape index (κ1) is 15.1. The summed E-state index contributed by atoms with van der Waals surface area (Å²) in [6, 6.07) is 10.9. The van der Waals surface area contributed by atoms with Gasteiger partial charge in [-0.1, -0.05) is 34.1 Å². The van der Waals surface area contributed by atoms with Crippen LogP contribution in [0.3, 0.4) is 0 Å². The lowest BCUT2D eigenvalue weighted by Gasteiger charge is -2.13. The maximum atomic E-state index is 13.5. The molecule has 2 rings (SSSR count). The molecule has 0 amide bonds. The minimum absolute atomic E-state index is 0.0909. The van der Waals surface area contributed by atoms with Crippen molar-refractivity contribution in [1.82, 2.24) is 5.32 Å². The molecule has 0 aliphatic rings. The Hall–Kier alpha value is -1.30. The van der Waals surface area contributed by atoms with Crippen molar-refractivity contribution in [3.05, 3.63) is 69.7 Å². The summed E-state index contributed by atoms with van der Waals surface area (Å²) in [4.78, 5) is 0. The highest BCUT2D eigenvalue weighted by Crippen LogP contribution is 2.17. The van der Waals surface area contributed by atoms with Crippen molar-refractivity contribution in [3.63, 3.8) is 0 Å². The number of nitrogens with one attached hydrogen (secondary N) is 1. The molecule has 2 nitrogen and oxygen atoms in total. The highest BCUT2D eigenvalue weighted by molar-refractivity contribution is 9.10. The zero-order chi connectivity index (χ0) is 14.5. The molecule has 106 valence electrons. The van der Waals surface area contributed by atoms with E-state index < -0.39 is 17.7 Å². The van der Waals surface area contributed by atoms with E-state index in [1.54, 1.807) is 0 Å². The van der Waals surface area contributed by atoms with Crippen LogP contribution < -0.4 is 5.32 Å². The monoisotopic (exact) mass is 341 g/mol. The topological polar surface area (TPSA) is 32.3 Å². The Balaban J connectivity index is 1.90. The van der Waals surface area contributed by atoms with E-state index in [2.05, 4.69) is 21.2 Å². The van der Waals surface area contributed by atoms with Gasteiger partial charge in [0.25, 0.3) is 0 Å². The van der Waals surface area contributed by atoms with Gasteiger partial charge in [-0.05, 0) is 23.8 Å². The molecule has 0 radical (unpaired) electrons. The van der Waals surface area contributed by atoms with Gasteiger partial charge in [-0.25, -0.2) is 8.78 Å². The largest absolute Gasteiger partial charge is 0.387 e. The van der Waals surface area contributed by atoms with Gasteiger partial charge in [-0.15, -0.1) is 0 Å². The number of halogens is 3. The third-order valence-electron chi connectivity index (χ3n) is 2.88. The predicted molar refractivity (Wildman–Crippen MR) is 77.2 cm³/mol. The molecule has 0 bridgehead atoms. The number of aliphatic hydroxyl groups is 1. The van der Waals surface area contributed by atoms with E-state index in [0.29, 0.717) is 6.54 Å². The van der Waals surface area contributed by atoms with Crippen molar-refractivity contribution >= 4 is 15.9 Å². The van der Waals surface area contributed by atoms with Crippen LogP contribution in [0.5, 0.6) is 0 Å². The number of hydrogen-bond donors (Lipinski definition) is 2. The molecule has 0 aliphatic heterocycles. The summed E-state index contributed by atoms with van der Waals surface area (Å²) in [5.41, 5.74) is 1.14. The van der Waals surface area contributed by atoms with Crippen LogP contribution in [-0.4, -0.2) is 11.7 Å². The number of hydrogen-bond acceptors (Lipinski definition) is 2. The maximum Gasteiger partial charge on any atom is 0.131 e. The van der Waals surface area contributed by atoms with Gasteiger partial charge in [0.15, 0.2) is 0 Å². The molecule has 2 aromatic carbocycles. The van der Waals surface area contributed by atoms with Crippen LogP contribution in [0.2, 0.25) is 0 Å². The molecule has 0 spiro atoms. The van der Waals surface area contributed by atoms with Gasteiger partial charge >= 0.3 is 0 Å². The normalized spacial score (nSPS) is 12.4. The van der Waals surface area contributed by atoms with Gasteiger partial charge in [-0.3, -0.25) is 0 Å². The van der Waals surface area contributed by atoms with Gasteiger partial charge in [0.2, 0.25) is 0 Å².